The molecule has 2 aliphatic rings. The summed E-state index contributed by atoms with van der Waals surface area (Å²) in [7, 11) is 3.87. The third-order valence-corrected chi connectivity index (χ3v) is 5.36. The van der Waals surface area contributed by atoms with E-state index in [2.05, 4.69) is 31.0 Å². The van der Waals surface area contributed by atoms with Crippen LogP contribution in [0.1, 0.15) is 38.2 Å². The Kier molecular flexibility index (Phi) is 4.33. The molecule has 0 radical (unpaired) electrons. The summed E-state index contributed by atoms with van der Waals surface area (Å²) >= 11 is 0. The number of nitrogens with zero attached hydrogens (tertiary/aromatic N) is 1. The lowest BCUT2D eigenvalue weighted by atomic mass is 9.89. The van der Waals surface area contributed by atoms with Crippen molar-refractivity contribution in [3.8, 4) is 11.5 Å². The van der Waals surface area contributed by atoms with Crippen LogP contribution in [0.15, 0.2) is 18.2 Å². The summed E-state index contributed by atoms with van der Waals surface area (Å²) in [5, 5.41) is 0. The normalized spacial score (nSPS) is 23.1. The number of hydrogen-bond donors (Lipinski definition) is 1. The Morgan fingerprint density at radius 2 is 1.91 bits per heavy atom. The average molecular weight is 304 g/mol. The Morgan fingerprint density at radius 3 is 2.45 bits per heavy atom. The van der Waals surface area contributed by atoms with Crippen molar-refractivity contribution in [1.29, 1.82) is 0 Å². The zero-order valence-corrected chi connectivity index (χ0v) is 14.0. The highest BCUT2D eigenvalue weighted by Crippen LogP contribution is 2.51. The van der Waals surface area contributed by atoms with Gasteiger partial charge in [0.1, 0.15) is 6.10 Å². The van der Waals surface area contributed by atoms with E-state index in [1.54, 1.807) is 7.11 Å². The van der Waals surface area contributed by atoms with Crippen molar-refractivity contribution in [2.45, 2.75) is 50.2 Å². The first-order valence-electron chi connectivity index (χ1n) is 8.34. The van der Waals surface area contributed by atoms with Crippen LogP contribution < -0.4 is 15.2 Å². The van der Waals surface area contributed by atoms with Crippen molar-refractivity contribution >= 4 is 0 Å². The lowest BCUT2D eigenvalue weighted by Gasteiger charge is -2.30. The minimum Gasteiger partial charge on any atom is -0.493 e. The lowest BCUT2D eigenvalue weighted by molar-refractivity contribution is 0.111. The molecule has 1 heterocycles. The van der Waals surface area contributed by atoms with Gasteiger partial charge in [-0.3, -0.25) is 0 Å². The molecule has 0 bridgehead atoms. The fourth-order valence-electron chi connectivity index (χ4n) is 3.50. The summed E-state index contributed by atoms with van der Waals surface area (Å²) < 4.78 is 11.8. The highest BCUT2D eigenvalue weighted by atomic mass is 16.5. The van der Waals surface area contributed by atoms with E-state index >= 15 is 0 Å². The van der Waals surface area contributed by atoms with Gasteiger partial charge in [0.05, 0.1) is 7.11 Å². The Balaban J connectivity index is 1.80. The number of piperidine rings is 1. The first-order chi connectivity index (χ1) is 10.5. The number of likely N-dealkylation sites (tertiary alicyclic amines) is 1. The SMILES string of the molecule is COc1ccc(C2(C(C)N)CC2)cc1OC1CCN(C)CC1. The second kappa shape index (κ2) is 6.09. The van der Waals surface area contributed by atoms with Crippen molar-refractivity contribution in [3.63, 3.8) is 0 Å². The number of nitrogens with two attached hydrogens (primary N) is 1. The molecule has 4 heteroatoms. The summed E-state index contributed by atoms with van der Waals surface area (Å²) in [4.78, 5) is 2.35. The van der Waals surface area contributed by atoms with E-state index in [9.17, 15) is 0 Å². The van der Waals surface area contributed by atoms with Crippen molar-refractivity contribution in [2.75, 3.05) is 27.2 Å². The molecule has 1 aromatic carbocycles. The summed E-state index contributed by atoms with van der Waals surface area (Å²) in [6.07, 6.45) is 4.77. The summed E-state index contributed by atoms with van der Waals surface area (Å²) in [5.74, 6) is 1.70. The number of rotatable bonds is 5. The molecule has 1 aliphatic carbocycles. The second-order valence-electron chi connectivity index (χ2n) is 6.93. The Morgan fingerprint density at radius 1 is 1.23 bits per heavy atom. The third kappa shape index (κ3) is 2.95. The average Bonchev–Trinajstić information content (AvgIpc) is 3.31. The van der Waals surface area contributed by atoms with E-state index in [1.807, 2.05) is 6.07 Å². The van der Waals surface area contributed by atoms with Gasteiger partial charge in [0.15, 0.2) is 11.5 Å². The molecule has 0 aromatic heterocycles. The predicted molar refractivity (Wildman–Crippen MR) is 88.7 cm³/mol. The predicted octanol–water partition coefficient (Wildman–Crippen LogP) is 2.55. The maximum atomic E-state index is 6.28. The Bertz CT molecular complexity index is 518. The topological polar surface area (TPSA) is 47.7 Å². The smallest absolute Gasteiger partial charge is 0.161 e. The number of ether oxygens (including phenoxy) is 2. The molecule has 2 fully saturated rings. The van der Waals surface area contributed by atoms with E-state index in [0.29, 0.717) is 0 Å². The molecule has 1 saturated heterocycles. The van der Waals surface area contributed by atoms with Crippen LogP contribution in [0, 0.1) is 0 Å². The van der Waals surface area contributed by atoms with Gasteiger partial charge in [-0.2, -0.15) is 0 Å². The highest BCUT2D eigenvalue weighted by Gasteiger charge is 2.47. The second-order valence-corrected chi connectivity index (χ2v) is 6.93. The molecule has 3 rings (SSSR count). The quantitative estimate of drug-likeness (QED) is 0.908. The molecule has 1 aromatic rings. The minimum atomic E-state index is 0.150. The van der Waals surface area contributed by atoms with E-state index in [-0.39, 0.29) is 17.6 Å². The first kappa shape index (κ1) is 15.6. The van der Waals surface area contributed by atoms with E-state index < -0.39 is 0 Å². The van der Waals surface area contributed by atoms with Crippen LogP contribution in [0.4, 0.5) is 0 Å². The molecule has 1 atom stereocenters. The van der Waals surface area contributed by atoms with Gasteiger partial charge in [0.25, 0.3) is 0 Å². The zero-order chi connectivity index (χ0) is 15.7. The van der Waals surface area contributed by atoms with Crippen LogP contribution in [0.5, 0.6) is 11.5 Å². The maximum absolute atomic E-state index is 6.28. The van der Waals surface area contributed by atoms with Crippen molar-refractivity contribution in [3.05, 3.63) is 23.8 Å². The summed E-state index contributed by atoms with van der Waals surface area (Å²) in [6, 6.07) is 6.52. The number of methoxy groups -OCH3 is 1. The monoisotopic (exact) mass is 304 g/mol. The van der Waals surface area contributed by atoms with Crippen molar-refractivity contribution in [2.24, 2.45) is 5.73 Å². The fraction of sp³-hybridized carbons (Fsp3) is 0.667. The molecule has 2 N–H and O–H groups in total. The van der Waals surface area contributed by atoms with Gasteiger partial charge in [-0.15, -0.1) is 0 Å². The van der Waals surface area contributed by atoms with Gasteiger partial charge in [-0.25, -0.2) is 0 Å². The van der Waals surface area contributed by atoms with Gasteiger partial charge in [-0.05, 0) is 57.4 Å². The summed E-state index contributed by atoms with van der Waals surface area (Å²) in [5.41, 5.74) is 7.65. The molecule has 1 saturated carbocycles. The Labute approximate surface area is 133 Å². The van der Waals surface area contributed by atoms with Gasteiger partial charge in [0.2, 0.25) is 0 Å². The minimum absolute atomic E-state index is 0.150. The maximum Gasteiger partial charge on any atom is 0.161 e. The van der Waals surface area contributed by atoms with Gasteiger partial charge in [0, 0.05) is 24.5 Å². The van der Waals surface area contributed by atoms with Crippen LogP contribution in [0.25, 0.3) is 0 Å². The largest absolute Gasteiger partial charge is 0.493 e. The third-order valence-electron chi connectivity index (χ3n) is 5.36. The number of benzene rings is 1. The van der Waals surface area contributed by atoms with Crippen molar-refractivity contribution in [1.82, 2.24) is 4.90 Å². The molecular weight excluding hydrogens is 276 g/mol. The number of hydrogen-bond acceptors (Lipinski definition) is 4. The van der Waals surface area contributed by atoms with Gasteiger partial charge < -0.3 is 20.1 Å². The fourth-order valence-corrected chi connectivity index (χ4v) is 3.50. The van der Waals surface area contributed by atoms with Gasteiger partial charge in [-0.1, -0.05) is 6.07 Å². The van der Waals surface area contributed by atoms with Crippen LogP contribution in [0.3, 0.4) is 0 Å². The molecule has 1 unspecified atom stereocenters. The van der Waals surface area contributed by atoms with E-state index in [1.165, 1.54) is 18.4 Å². The van der Waals surface area contributed by atoms with Gasteiger partial charge >= 0.3 is 0 Å². The molecule has 22 heavy (non-hydrogen) atoms. The zero-order valence-electron chi connectivity index (χ0n) is 14.0. The first-order valence-corrected chi connectivity index (χ1v) is 8.34. The van der Waals surface area contributed by atoms with Crippen LogP contribution in [0.2, 0.25) is 0 Å². The molecule has 1 aliphatic heterocycles. The van der Waals surface area contributed by atoms with E-state index in [4.69, 9.17) is 15.2 Å². The van der Waals surface area contributed by atoms with Crippen LogP contribution >= 0.6 is 0 Å². The summed E-state index contributed by atoms with van der Waals surface area (Å²) in [6.45, 7) is 4.29. The Hall–Kier alpha value is -1.26. The van der Waals surface area contributed by atoms with E-state index in [0.717, 1.165) is 37.4 Å². The van der Waals surface area contributed by atoms with Crippen molar-refractivity contribution < 1.29 is 9.47 Å². The van der Waals surface area contributed by atoms with Crippen LogP contribution in [-0.4, -0.2) is 44.3 Å². The lowest BCUT2D eigenvalue weighted by Crippen LogP contribution is -2.35. The molecule has 0 amide bonds. The van der Waals surface area contributed by atoms with Crippen LogP contribution in [-0.2, 0) is 5.41 Å². The molecule has 122 valence electrons. The highest BCUT2D eigenvalue weighted by molar-refractivity contribution is 5.47. The standard InChI is InChI=1S/C18H28N2O2/c1-13(19)18(8-9-18)14-4-5-16(21-3)17(12-14)22-15-6-10-20(2)11-7-15/h4-5,12-13,15H,6-11,19H2,1-3H3. The molecular formula is C18H28N2O2. The molecule has 0 spiro atoms. The molecule has 4 nitrogen and oxygen atoms in total.